The van der Waals surface area contributed by atoms with E-state index in [1.807, 2.05) is 0 Å². The van der Waals surface area contributed by atoms with Crippen LogP contribution < -0.4 is 0 Å². The molecule has 1 fully saturated rings. The number of aryl methyl sites for hydroxylation is 2. The molecule has 25 heavy (non-hydrogen) atoms. The SMILES string of the molecule is Cc1ccc(-c2noc(CCC(=O)N3CC[C@H](C(=O)O)C3)n2)cc1F. The number of carboxylic acids is 1. The Labute approximate surface area is 143 Å². The van der Waals surface area contributed by atoms with Crippen LogP contribution in [0.2, 0.25) is 0 Å². The summed E-state index contributed by atoms with van der Waals surface area (Å²) in [5.74, 6) is -1.28. The van der Waals surface area contributed by atoms with Crippen molar-refractivity contribution < 1.29 is 23.6 Å². The van der Waals surface area contributed by atoms with Crippen molar-refractivity contribution in [2.75, 3.05) is 13.1 Å². The molecule has 1 aliphatic heterocycles. The minimum Gasteiger partial charge on any atom is -0.481 e. The molecule has 0 saturated carbocycles. The molecule has 132 valence electrons. The van der Waals surface area contributed by atoms with E-state index in [1.165, 1.54) is 6.07 Å². The maximum atomic E-state index is 13.6. The fourth-order valence-electron chi connectivity index (χ4n) is 2.77. The van der Waals surface area contributed by atoms with Crippen molar-refractivity contribution in [3.8, 4) is 11.4 Å². The quantitative estimate of drug-likeness (QED) is 0.889. The highest BCUT2D eigenvalue weighted by Gasteiger charge is 2.30. The second-order valence-corrected chi connectivity index (χ2v) is 6.14. The van der Waals surface area contributed by atoms with Crippen LogP contribution in [0.3, 0.4) is 0 Å². The van der Waals surface area contributed by atoms with Gasteiger partial charge in [-0.1, -0.05) is 17.3 Å². The van der Waals surface area contributed by atoms with Gasteiger partial charge in [-0.2, -0.15) is 4.98 Å². The normalized spacial score (nSPS) is 17.0. The molecule has 1 N–H and O–H groups in total. The lowest BCUT2D eigenvalue weighted by molar-refractivity contribution is -0.141. The Morgan fingerprint density at radius 2 is 2.24 bits per heavy atom. The molecule has 1 aromatic heterocycles. The molecule has 8 heteroatoms. The summed E-state index contributed by atoms with van der Waals surface area (Å²) in [5, 5.41) is 12.8. The van der Waals surface area contributed by atoms with Gasteiger partial charge in [-0.15, -0.1) is 0 Å². The maximum absolute atomic E-state index is 13.6. The second kappa shape index (κ2) is 7.00. The Bertz CT molecular complexity index is 805. The second-order valence-electron chi connectivity index (χ2n) is 6.14. The minimum atomic E-state index is -0.873. The Kier molecular flexibility index (Phi) is 4.78. The first kappa shape index (κ1) is 17.1. The molecule has 1 aromatic carbocycles. The summed E-state index contributed by atoms with van der Waals surface area (Å²) in [6.07, 6.45) is 0.898. The molecular formula is C17H18FN3O4. The number of aromatic nitrogens is 2. The van der Waals surface area contributed by atoms with Gasteiger partial charge < -0.3 is 14.5 Å². The first-order chi connectivity index (χ1) is 11.9. The zero-order valence-electron chi connectivity index (χ0n) is 13.7. The van der Waals surface area contributed by atoms with Gasteiger partial charge in [-0.25, -0.2) is 4.39 Å². The summed E-state index contributed by atoms with van der Waals surface area (Å²) in [7, 11) is 0. The third-order valence-corrected chi connectivity index (χ3v) is 4.34. The van der Waals surface area contributed by atoms with E-state index in [4.69, 9.17) is 9.63 Å². The highest BCUT2D eigenvalue weighted by atomic mass is 19.1. The third kappa shape index (κ3) is 3.84. The number of nitrogens with zero attached hydrogens (tertiary/aromatic N) is 3. The average Bonchev–Trinajstić information content (AvgIpc) is 3.24. The largest absolute Gasteiger partial charge is 0.481 e. The van der Waals surface area contributed by atoms with E-state index in [1.54, 1.807) is 24.0 Å². The van der Waals surface area contributed by atoms with Crippen molar-refractivity contribution in [2.45, 2.75) is 26.2 Å². The first-order valence-electron chi connectivity index (χ1n) is 8.03. The molecule has 7 nitrogen and oxygen atoms in total. The molecule has 2 heterocycles. The van der Waals surface area contributed by atoms with Crippen LogP contribution in [0, 0.1) is 18.7 Å². The number of aliphatic carboxylic acids is 1. The van der Waals surface area contributed by atoms with Crippen LogP contribution in [-0.4, -0.2) is 45.1 Å². The summed E-state index contributed by atoms with van der Waals surface area (Å²) in [6, 6.07) is 4.68. The average molecular weight is 347 g/mol. The Morgan fingerprint density at radius 3 is 2.92 bits per heavy atom. The monoisotopic (exact) mass is 347 g/mol. The molecule has 1 saturated heterocycles. The van der Waals surface area contributed by atoms with Crippen molar-refractivity contribution in [3.05, 3.63) is 35.5 Å². The van der Waals surface area contributed by atoms with Crippen LogP contribution in [0.4, 0.5) is 4.39 Å². The summed E-state index contributed by atoms with van der Waals surface area (Å²) in [5.41, 5.74) is 1.04. The molecule has 0 radical (unpaired) electrons. The van der Waals surface area contributed by atoms with E-state index in [0.717, 1.165) is 0 Å². The molecule has 1 amide bonds. The number of halogens is 1. The summed E-state index contributed by atoms with van der Waals surface area (Å²) >= 11 is 0. The van der Waals surface area contributed by atoms with E-state index in [2.05, 4.69) is 10.1 Å². The van der Waals surface area contributed by atoms with E-state index in [0.29, 0.717) is 30.0 Å². The fourth-order valence-corrected chi connectivity index (χ4v) is 2.77. The van der Waals surface area contributed by atoms with Crippen LogP contribution in [0.1, 0.15) is 24.3 Å². The number of carboxylic acid groups (broad SMARTS) is 1. The highest BCUT2D eigenvalue weighted by molar-refractivity contribution is 5.78. The number of carbonyl (C=O) groups is 2. The number of hydrogen-bond donors (Lipinski definition) is 1. The van der Waals surface area contributed by atoms with E-state index >= 15 is 0 Å². The molecule has 1 atom stereocenters. The van der Waals surface area contributed by atoms with Crippen LogP contribution in [0.5, 0.6) is 0 Å². The van der Waals surface area contributed by atoms with Crippen molar-refractivity contribution >= 4 is 11.9 Å². The maximum Gasteiger partial charge on any atom is 0.308 e. The molecule has 2 aromatic rings. The van der Waals surface area contributed by atoms with Gasteiger partial charge in [0.25, 0.3) is 0 Å². The molecule has 1 aliphatic rings. The van der Waals surface area contributed by atoms with Crippen LogP contribution in [-0.2, 0) is 16.0 Å². The number of rotatable bonds is 5. The summed E-state index contributed by atoms with van der Waals surface area (Å²) in [6.45, 7) is 2.36. The molecule has 3 rings (SSSR count). The van der Waals surface area contributed by atoms with Crippen molar-refractivity contribution in [3.63, 3.8) is 0 Å². The van der Waals surface area contributed by atoms with Gasteiger partial charge in [0.05, 0.1) is 5.92 Å². The topological polar surface area (TPSA) is 96.5 Å². The number of benzene rings is 1. The van der Waals surface area contributed by atoms with Gasteiger partial charge in [0.1, 0.15) is 5.82 Å². The Balaban J connectivity index is 1.58. The number of likely N-dealkylation sites (tertiary alicyclic amines) is 1. The lowest BCUT2D eigenvalue weighted by Gasteiger charge is -2.14. The molecular weight excluding hydrogens is 329 g/mol. The first-order valence-corrected chi connectivity index (χ1v) is 8.03. The molecule has 0 bridgehead atoms. The summed E-state index contributed by atoms with van der Waals surface area (Å²) < 4.78 is 18.7. The van der Waals surface area contributed by atoms with Crippen LogP contribution >= 0.6 is 0 Å². The third-order valence-electron chi connectivity index (χ3n) is 4.34. The Hall–Kier alpha value is -2.77. The van der Waals surface area contributed by atoms with Crippen molar-refractivity contribution in [1.82, 2.24) is 15.0 Å². The molecule has 0 aliphatic carbocycles. The van der Waals surface area contributed by atoms with Crippen molar-refractivity contribution in [2.24, 2.45) is 5.92 Å². The van der Waals surface area contributed by atoms with Gasteiger partial charge in [0.15, 0.2) is 0 Å². The van der Waals surface area contributed by atoms with Gasteiger partial charge in [0, 0.05) is 31.5 Å². The lowest BCUT2D eigenvalue weighted by Crippen LogP contribution is -2.30. The van der Waals surface area contributed by atoms with Crippen LogP contribution in [0.15, 0.2) is 22.7 Å². The Morgan fingerprint density at radius 1 is 1.44 bits per heavy atom. The fraction of sp³-hybridized carbons (Fsp3) is 0.412. The number of carbonyl (C=O) groups excluding carboxylic acids is 1. The predicted molar refractivity (Wildman–Crippen MR) is 85.1 cm³/mol. The predicted octanol–water partition coefficient (Wildman–Crippen LogP) is 2.05. The van der Waals surface area contributed by atoms with Crippen molar-refractivity contribution in [1.29, 1.82) is 0 Å². The minimum absolute atomic E-state index is 0.134. The van der Waals surface area contributed by atoms with E-state index in [9.17, 15) is 14.0 Å². The number of hydrogen-bond acceptors (Lipinski definition) is 5. The standard InChI is InChI=1S/C17H18FN3O4/c1-10-2-3-11(8-13(10)18)16-19-14(25-20-16)4-5-15(22)21-7-6-12(9-21)17(23)24/h2-3,8,12H,4-7,9H2,1H3,(H,23,24)/t12-/m0/s1. The van der Waals surface area contributed by atoms with Gasteiger partial charge in [-0.3, -0.25) is 9.59 Å². The smallest absolute Gasteiger partial charge is 0.308 e. The van der Waals surface area contributed by atoms with Gasteiger partial charge in [0.2, 0.25) is 17.6 Å². The molecule has 0 unspecified atom stereocenters. The summed E-state index contributed by atoms with van der Waals surface area (Å²) in [4.78, 5) is 28.8. The molecule has 0 spiro atoms. The zero-order chi connectivity index (χ0) is 18.0. The van der Waals surface area contributed by atoms with Gasteiger partial charge in [-0.05, 0) is 25.0 Å². The van der Waals surface area contributed by atoms with Crippen LogP contribution in [0.25, 0.3) is 11.4 Å². The van der Waals surface area contributed by atoms with E-state index < -0.39 is 11.9 Å². The van der Waals surface area contributed by atoms with Gasteiger partial charge >= 0.3 is 5.97 Å². The highest BCUT2D eigenvalue weighted by Crippen LogP contribution is 2.20. The van der Waals surface area contributed by atoms with E-state index in [-0.39, 0.29) is 36.9 Å². The zero-order valence-corrected chi connectivity index (χ0v) is 13.7. The number of amides is 1. The lowest BCUT2D eigenvalue weighted by atomic mass is 10.1.